The highest BCUT2D eigenvalue weighted by Crippen LogP contribution is 2.34. The van der Waals surface area contributed by atoms with Crippen LogP contribution >= 0.6 is 0 Å². The molecule has 0 saturated carbocycles. The molecule has 1 aromatic carbocycles. The number of urea groups is 1. The standard InChI is InChI=1S/C17H19F3N4O2/c1-2-8-21-16(25)24-9-4-7-13(24)15-22-14(23-26-15)11-5-3-6-12(10-11)17(18,19)20/h3,5-6,10,13H,2,4,7-9H2,1H3,(H,21,25)/t13-/m0/s1. The maximum Gasteiger partial charge on any atom is 0.416 e. The van der Waals surface area contributed by atoms with E-state index >= 15 is 0 Å². The zero-order valence-corrected chi connectivity index (χ0v) is 14.2. The Kier molecular flexibility index (Phi) is 5.15. The van der Waals surface area contributed by atoms with Gasteiger partial charge in [-0.05, 0) is 31.4 Å². The van der Waals surface area contributed by atoms with E-state index < -0.39 is 11.7 Å². The number of nitrogens with zero attached hydrogens (tertiary/aromatic N) is 3. The van der Waals surface area contributed by atoms with Crippen LogP contribution in [0.5, 0.6) is 0 Å². The Morgan fingerprint density at radius 1 is 1.42 bits per heavy atom. The third kappa shape index (κ3) is 3.81. The molecule has 1 fully saturated rings. The van der Waals surface area contributed by atoms with Crippen molar-refractivity contribution in [2.75, 3.05) is 13.1 Å². The molecular formula is C17H19F3N4O2. The van der Waals surface area contributed by atoms with Crippen LogP contribution in [0.4, 0.5) is 18.0 Å². The van der Waals surface area contributed by atoms with Crippen molar-refractivity contribution in [1.82, 2.24) is 20.4 Å². The molecule has 1 saturated heterocycles. The van der Waals surface area contributed by atoms with Gasteiger partial charge in [0.05, 0.1) is 5.56 Å². The third-order valence-electron chi connectivity index (χ3n) is 4.21. The predicted molar refractivity (Wildman–Crippen MR) is 87.1 cm³/mol. The number of amides is 2. The maximum atomic E-state index is 12.9. The first-order valence-corrected chi connectivity index (χ1v) is 8.46. The Labute approximate surface area is 148 Å². The summed E-state index contributed by atoms with van der Waals surface area (Å²) in [5, 5.41) is 6.61. The summed E-state index contributed by atoms with van der Waals surface area (Å²) in [6.07, 6.45) is -2.15. The van der Waals surface area contributed by atoms with Gasteiger partial charge in [-0.25, -0.2) is 4.79 Å². The number of likely N-dealkylation sites (tertiary alicyclic amines) is 1. The Balaban J connectivity index is 1.80. The summed E-state index contributed by atoms with van der Waals surface area (Å²) in [6, 6.07) is 4.20. The van der Waals surface area contributed by atoms with Crippen molar-refractivity contribution in [3.63, 3.8) is 0 Å². The largest absolute Gasteiger partial charge is 0.416 e. The normalized spacial score (nSPS) is 17.5. The summed E-state index contributed by atoms with van der Waals surface area (Å²) in [7, 11) is 0. The van der Waals surface area contributed by atoms with Crippen LogP contribution < -0.4 is 5.32 Å². The van der Waals surface area contributed by atoms with E-state index in [1.807, 2.05) is 6.92 Å². The van der Waals surface area contributed by atoms with Crippen molar-refractivity contribution in [3.8, 4) is 11.4 Å². The molecular weight excluding hydrogens is 349 g/mol. The number of hydrogen-bond acceptors (Lipinski definition) is 4. The van der Waals surface area contributed by atoms with Gasteiger partial charge in [-0.15, -0.1) is 0 Å². The van der Waals surface area contributed by atoms with Crippen molar-refractivity contribution >= 4 is 6.03 Å². The quantitative estimate of drug-likeness (QED) is 0.885. The van der Waals surface area contributed by atoms with Gasteiger partial charge >= 0.3 is 12.2 Å². The van der Waals surface area contributed by atoms with Crippen LogP contribution in [-0.4, -0.2) is 34.2 Å². The second kappa shape index (κ2) is 7.35. The van der Waals surface area contributed by atoms with E-state index in [-0.39, 0.29) is 29.4 Å². The molecule has 1 atom stereocenters. The van der Waals surface area contributed by atoms with Crippen LogP contribution in [-0.2, 0) is 6.18 Å². The van der Waals surface area contributed by atoms with E-state index in [1.165, 1.54) is 12.1 Å². The van der Waals surface area contributed by atoms with Gasteiger partial charge in [0.2, 0.25) is 11.7 Å². The molecule has 1 aromatic heterocycles. The molecule has 0 radical (unpaired) electrons. The highest BCUT2D eigenvalue weighted by molar-refractivity contribution is 5.74. The molecule has 26 heavy (non-hydrogen) atoms. The van der Waals surface area contributed by atoms with Crippen LogP contribution in [0.2, 0.25) is 0 Å². The number of aromatic nitrogens is 2. The summed E-state index contributed by atoms with van der Waals surface area (Å²) in [4.78, 5) is 18.1. The van der Waals surface area contributed by atoms with Crippen LogP contribution in [0, 0.1) is 0 Å². The average molecular weight is 368 g/mol. The fraction of sp³-hybridized carbons (Fsp3) is 0.471. The highest BCUT2D eigenvalue weighted by atomic mass is 19.4. The highest BCUT2D eigenvalue weighted by Gasteiger charge is 2.34. The van der Waals surface area contributed by atoms with Crippen molar-refractivity contribution < 1.29 is 22.5 Å². The van der Waals surface area contributed by atoms with E-state index in [0.29, 0.717) is 19.5 Å². The fourth-order valence-corrected chi connectivity index (χ4v) is 2.92. The van der Waals surface area contributed by atoms with E-state index in [2.05, 4.69) is 15.5 Å². The number of carbonyl (C=O) groups excluding carboxylic acids is 1. The molecule has 0 bridgehead atoms. The lowest BCUT2D eigenvalue weighted by Crippen LogP contribution is -2.39. The number of rotatable bonds is 4. The lowest BCUT2D eigenvalue weighted by atomic mass is 10.1. The molecule has 1 aliphatic heterocycles. The van der Waals surface area contributed by atoms with Gasteiger partial charge in [0.1, 0.15) is 6.04 Å². The molecule has 0 aliphatic carbocycles. The monoisotopic (exact) mass is 368 g/mol. The first-order chi connectivity index (χ1) is 12.4. The molecule has 1 aliphatic rings. The second-order valence-corrected chi connectivity index (χ2v) is 6.12. The Morgan fingerprint density at radius 3 is 2.96 bits per heavy atom. The molecule has 1 N–H and O–H groups in total. The summed E-state index contributed by atoms with van der Waals surface area (Å²) in [5.74, 6) is 0.313. The van der Waals surface area contributed by atoms with Gasteiger partial charge in [0, 0.05) is 18.7 Å². The summed E-state index contributed by atoms with van der Waals surface area (Å²) >= 11 is 0. The topological polar surface area (TPSA) is 71.3 Å². The summed E-state index contributed by atoms with van der Waals surface area (Å²) in [5.41, 5.74) is -0.558. The summed E-state index contributed by atoms with van der Waals surface area (Å²) < 4.78 is 43.8. The molecule has 6 nitrogen and oxygen atoms in total. The number of alkyl halides is 3. The smallest absolute Gasteiger partial charge is 0.338 e. The zero-order valence-electron chi connectivity index (χ0n) is 14.2. The Bertz CT molecular complexity index is 775. The molecule has 3 rings (SSSR count). The number of nitrogens with one attached hydrogen (secondary N) is 1. The number of halogens is 3. The number of hydrogen-bond donors (Lipinski definition) is 1. The van der Waals surface area contributed by atoms with Crippen LogP contribution in [0.3, 0.4) is 0 Å². The molecule has 2 heterocycles. The molecule has 9 heteroatoms. The molecule has 140 valence electrons. The average Bonchev–Trinajstić information content (AvgIpc) is 3.27. The van der Waals surface area contributed by atoms with Gasteiger partial charge in [-0.3, -0.25) is 0 Å². The van der Waals surface area contributed by atoms with Crippen LogP contribution in [0.25, 0.3) is 11.4 Å². The van der Waals surface area contributed by atoms with E-state index in [1.54, 1.807) is 4.90 Å². The minimum Gasteiger partial charge on any atom is -0.338 e. The van der Waals surface area contributed by atoms with Gasteiger partial charge in [-0.1, -0.05) is 24.2 Å². The van der Waals surface area contributed by atoms with Gasteiger partial charge in [0.15, 0.2) is 0 Å². The zero-order chi connectivity index (χ0) is 18.7. The second-order valence-electron chi connectivity index (χ2n) is 6.12. The lowest BCUT2D eigenvalue weighted by Gasteiger charge is -2.22. The minimum absolute atomic E-state index is 0.0758. The van der Waals surface area contributed by atoms with E-state index in [4.69, 9.17) is 4.52 Å². The maximum absolute atomic E-state index is 12.9. The van der Waals surface area contributed by atoms with E-state index in [9.17, 15) is 18.0 Å². The lowest BCUT2D eigenvalue weighted by molar-refractivity contribution is -0.137. The van der Waals surface area contributed by atoms with Crippen molar-refractivity contribution in [2.45, 2.75) is 38.4 Å². The first-order valence-electron chi connectivity index (χ1n) is 8.46. The van der Waals surface area contributed by atoms with Crippen molar-refractivity contribution in [1.29, 1.82) is 0 Å². The fourth-order valence-electron chi connectivity index (χ4n) is 2.92. The van der Waals surface area contributed by atoms with Crippen LogP contribution in [0.15, 0.2) is 28.8 Å². The van der Waals surface area contributed by atoms with Crippen LogP contribution in [0.1, 0.15) is 43.7 Å². The Hall–Kier alpha value is -2.58. The van der Waals surface area contributed by atoms with E-state index in [0.717, 1.165) is 25.0 Å². The Morgan fingerprint density at radius 2 is 2.23 bits per heavy atom. The van der Waals surface area contributed by atoms with Gasteiger partial charge in [0.25, 0.3) is 0 Å². The summed E-state index contributed by atoms with van der Waals surface area (Å²) in [6.45, 7) is 3.10. The van der Waals surface area contributed by atoms with Gasteiger partial charge < -0.3 is 14.7 Å². The predicted octanol–water partition coefficient (Wildman–Crippen LogP) is 4.01. The molecule has 0 unspecified atom stereocenters. The van der Waals surface area contributed by atoms with Crippen molar-refractivity contribution in [3.05, 3.63) is 35.7 Å². The first kappa shape index (κ1) is 18.2. The SMILES string of the molecule is CCCNC(=O)N1CCC[C@H]1c1nc(-c2cccc(C(F)(F)F)c2)no1. The molecule has 0 spiro atoms. The number of carbonyl (C=O) groups is 1. The van der Waals surface area contributed by atoms with Crippen molar-refractivity contribution in [2.24, 2.45) is 0 Å². The minimum atomic E-state index is -4.44. The number of benzene rings is 1. The van der Waals surface area contributed by atoms with Gasteiger partial charge in [-0.2, -0.15) is 18.2 Å². The third-order valence-corrected chi connectivity index (χ3v) is 4.21. The molecule has 2 aromatic rings. The molecule has 2 amide bonds.